The number of amides is 1. The maximum atomic E-state index is 12.6. The van der Waals surface area contributed by atoms with Crippen LogP contribution >= 0.6 is 0 Å². The summed E-state index contributed by atoms with van der Waals surface area (Å²) in [5, 5.41) is 2.87. The van der Waals surface area contributed by atoms with Gasteiger partial charge in [0.15, 0.2) is 9.84 Å². The Balaban J connectivity index is 1.67. The summed E-state index contributed by atoms with van der Waals surface area (Å²) in [6, 6.07) is 22.8. The van der Waals surface area contributed by atoms with Crippen LogP contribution in [-0.2, 0) is 22.0 Å². The Kier molecular flexibility index (Phi) is 7.03. The lowest BCUT2D eigenvalue weighted by Gasteiger charge is -2.10. The second kappa shape index (κ2) is 9.69. The summed E-state index contributed by atoms with van der Waals surface area (Å²) >= 11 is 0. The molecule has 0 aliphatic rings. The minimum Gasteiger partial charge on any atom is -0.322 e. The van der Waals surface area contributed by atoms with Crippen LogP contribution in [0.25, 0.3) is 0 Å². The number of carbonyl (C=O) groups excluding carboxylic acids is 1. The van der Waals surface area contributed by atoms with Crippen LogP contribution in [0.5, 0.6) is 0 Å². The highest BCUT2D eigenvalue weighted by Gasteiger charge is 2.16. The third-order valence-corrected chi connectivity index (χ3v) is 6.41. The fourth-order valence-electron chi connectivity index (χ4n) is 3.04. The fourth-order valence-corrected chi connectivity index (χ4v) is 4.40. The van der Waals surface area contributed by atoms with Gasteiger partial charge in [0.25, 0.3) is 5.91 Å². The molecule has 1 N–H and O–H groups in total. The third-order valence-electron chi connectivity index (χ3n) is 4.71. The monoisotopic (exact) mass is 422 g/mol. The van der Waals surface area contributed by atoms with E-state index in [1.165, 1.54) is 5.56 Å². The first-order valence-corrected chi connectivity index (χ1v) is 11.4. The summed E-state index contributed by atoms with van der Waals surface area (Å²) in [6.07, 6.45) is 0.944. The Hall–Kier alpha value is -2.96. The molecule has 3 aromatic rings. The highest BCUT2D eigenvalue weighted by atomic mass is 32.2. The van der Waals surface area contributed by atoms with Crippen molar-refractivity contribution in [2.75, 3.05) is 26.0 Å². The first-order valence-electron chi connectivity index (χ1n) is 9.75. The number of nitrogens with zero attached hydrogens (tertiary/aromatic N) is 1. The SMILES string of the molecule is CN(C)CCc1ccc(NC(=O)c2cccc(CS(=O)(=O)c3ccccc3)c2)cc1. The number of sulfone groups is 1. The Morgan fingerprint density at radius 2 is 1.57 bits per heavy atom. The van der Waals surface area contributed by atoms with E-state index >= 15 is 0 Å². The summed E-state index contributed by atoms with van der Waals surface area (Å²) in [4.78, 5) is 15.0. The number of benzene rings is 3. The quantitative estimate of drug-likeness (QED) is 0.596. The van der Waals surface area contributed by atoms with Gasteiger partial charge < -0.3 is 10.2 Å². The van der Waals surface area contributed by atoms with Crippen LogP contribution in [0.2, 0.25) is 0 Å². The molecule has 0 bridgehead atoms. The van der Waals surface area contributed by atoms with E-state index in [-0.39, 0.29) is 16.6 Å². The van der Waals surface area contributed by atoms with Gasteiger partial charge in [-0.25, -0.2) is 8.42 Å². The maximum absolute atomic E-state index is 12.6. The molecule has 0 radical (unpaired) electrons. The van der Waals surface area contributed by atoms with Gasteiger partial charge in [-0.05, 0) is 68.0 Å². The van der Waals surface area contributed by atoms with Crippen molar-refractivity contribution >= 4 is 21.4 Å². The molecule has 6 heteroatoms. The Bertz CT molecular complexity index is 1090. The van der Waals surface area contributed by atoms with Gasteiger partial charge in [-0.15, -0.1) is 0 Å². The van der Waals surface area contributed by atoms with Gasteiger partial charge in [-0.3, -0.25) is 4.79 Å². The second-order valence-electron chi connectivity index (χ2n) is 7.48. The minimum absolute atomic E-state index is 0.154. The average molecular weight is 423 g/mol. The predicted octanol–water partition coefficient (Wildman–Crippen LogP) is 4.02. The highest BCUT2D eigenvalue weighted by Crippen LogP contribution is 2.18. The van der Waals surface area contributed by atoms with Crippen molar-refractivity contribution in [2.24, 2.45) is 0 Å². The van der Waals surface area contributed by atoms with Crippen LogP contribution in [-0.4, -0.2) is 39.9 Å². The Morgan fingerprint density at radius 1 is 0.867 bits per heavy atom. The summed E-state index contributed by atoms with van der Waals surface area (Å²) in [7, 11) is 0.605. The standard InChI is InChI=1S/C24H26N2O3S/c1-26(2)16-15-19-11-13-22(14-12-19)25-24(27)21-8-6-7-20(17-21)18-30(28,29)23-9-4-3-5-10-23/h3-14,17H,15-16,18H2,1-2H3,(H,25,27). The minimum atomic E-state index is -3.47. The molecule has 3 rings (SSSR count). The van der Waals surface area contributed by atoms with E-state index in [0.717, 1.165) is 13.0 Å². The molecule has 5 nitrogen and oxygen atoms in total. The number of nitrogens with one attached hydrogen (secondary N) is 1. The van der Waals surface area contributed by atoms with Crippen molar-refractivity contribution in [1.82, 2.24) is 4.90 Å². The molecule has 30 heavy (non-hydrogen) atoms. The molecule has 156 valence electrons. The molecule has 1 amide bonds. The first-order chi connectivity index (χ1) is 14.3. The summed E-state index contributed by atoms with van der Waals surface area (Å²) in [6.45, 7) is 0.963. The molecule has 0 fully saturated rings. The van der Waals surface area contributed by atoms with Gasteiger partial charge in [0.05, 0.1) is 10.6 Å². The van der Waals surface area contributed by atoms with Gasteiger partial charge in [-0.2, -0.15) is 0 Å². The van der Waals surface area contributed by atoms with Crippen molar-refractivity contribution in [3.8, 4) is 0 Å². The van der Waals surface area contributed by atoms with Crippen molar-refractivity contribution in [3.63, 3.8) is 0 Å². The second-order valence-corrected chi connectivity index (χ2v) is 9.47. The lowest BCUT2D eigenvalue weighted by molar-refractivity contribution is 0.102. The lowest BCUT2D eigenvalue weighted by Crippen LogP contribution is -2.15. The predicted molar refractivity (Wildman–Crippen MR) is 120 cm³/mol. The highest BCUT2D eigenvalue weighted by molar-refractivity contribution is 7.90. The largest absolute Gasteiger partial charge is 0.322 e. The summed E-state index contributed by atoms with van der Waals surface area (Å²) in [5.74, 6) is -0.423. The van der Waals surface area contributed by atoms with Crippen LogP contribution in [0.15, 0.2) is 83.8 Å². The van der Waals surface area contributed by atoms with Gasteiger partial charge >= 0.3 is 0 Å². The van der Waals surface area contributed by atoms with E-state index in [1.807, 2.05) is 38.4 Å². The van der Waals surface area contributed by atoms with E-state index in [4.69, 9.17) is 0 Å². The van der Waals surface area contributed by atoms with Crippen LogP contribution < -0.4 is 5.32 Å². The number of hydrogen-bond acceptors (Lipinski definition) is 4. The molecule has 0 saturated heterocycles. The normalized spacial score (nSPS) is 11.4. The number of likely N-dealkylation sites (N-methyl/N-ethyl adjacent to an activating group) is 1. The zero-order valence-electron chi connectivity index (χ0n) is 17.2. The first kappa shape index (κ1) is 21.7. The molecule has 0 aliphatic carbocycles. The van der Waals surface area contributed by atoms with Crippen molar-refractivity contribution in [2.45, 2.75) is 17.1 Å². The van der Waals surface area contributed by atoms with Crippen LogP contribution in [0.1, 0.15) is 21.5 Å². The molecule has 0 aromatic heterocycles. The third kappa shape index (κ3) is 6.02. The number of anilines is 1. The molecule has 0 aliphatic heterocycles. The summed E-state index contributed by atoms with van der Waals surface area (Å²) < 4.78 is 25.2. The van der Waals surface area contributed by atoms with Crippen LogP contribution in [0.3, 0.4) is 0 Å². The van der Waals surface area contributed by atoms with E-state index in [2.05, 4.69) is 10.2 Å². The molecule has 0 saturated carbocycles. The van der Waals surface area contributed by atoms with Crippen LogP contribution in [0, 0.1) is 0 Å². The van der Waals surface area contributed by atoms with Crippen molar-refractivity contribution in [1.29, 1.82) is 0 Å². The van der Waals surface area contributed by atoms with E-state index in [0.29, 0.717) is 16.8 Å². The smallest absolute Gasteiger partial charge is 0.255 e. The molecule has 0 spiro atoms. The Morgan fingerprint density at radius 3 is 2.23 bits per heavy atom. The fraction of sp³-hybridized carbons (Fsp3) is 0.208. The molecule has 3 aromatic carbocycles. The molecule has 0 unspecified atom stereocenters. The molecular weight excluding hydrogens is 396 g/mol. The Labute approximate surface area is 178 Å². The topological polar surface area (TPSA) is 66.5 Å². The zero-order valence-corrected chi connectivity index (χ0v) is 18.0. The van der Waals surface area contributed by atoms with Gasteiger partial charge in [0.1, 0.15) is 0 Å². The van der Waals surface area contributed by atoms with E-state index in [1.54, 1.807) is 54.6 Å². The van der Waals surface area contributed by atoms with E-state index < -0.39 is 9.84 Å². The number of rotatable bonds is 8. The van der Waals surface area contributed by atoms with Gasteiger partial charge in [0.2, 0.25) is 0 Å². The van der Waals surface area contributed by atoms with Crippen molar-refractivity contribution < 1.29 is 13.2 Å². The zero-order chi connectivity index (χ0) is 21.6. The lowest BCUT2D eigenvalue weighted by atomic mass is 10.1. The number of hydrogen-bond donors (Lipinski definition) is 1. The van der Waals surface area contributed by atoms with Gasteiger partial charge in [-0.1, -0.05) is 42.5 Å². The van der Waals surface area contributed by atoms with Crippen molar-refractivity contribution in [3.05, 3.63) is 95.6 Å². The number of carbonyl (C=O) groups is 1. The van der Waals surface area contributed by atoms with Gasteiger partial charge in [0, 0.05) is 17.8 Å². The molecule has 0 heterocycles. The molecular formula is C24H26N2O3S. The van der Waals surface area contributed by atoms with Crippen LogP contribution in [0.4, 0.5) is 5.69 Å². The summed E-state index contributed by atoms with van der Waals surface area (Å²) in [5.41, 5.74) is 2.91. The average Bonchev–Trinajstić information content (AvgIpc) is 2.74. The molecule has 0 atom stereocenters. The maximum Gasteiger partial charge on any atom is 0.255 e. The van der Waals surface area contributed by atoms with E-state index in [9.17, 15) is 13.2 Å².